The van der Waals surface area contributed by atoms with Crippen LogP contribution in [0.5, 0.6) is 0 Å². The molecule has 2 unspecified atom stereocenters. The summed E-state index contributed by atoms with van der Waals surface area (Å²) >= 11 is 0. The first-order chi connectivity index (χ1) is 12.4. The second-order valence-corrected chi connectivity index (χ2v) is 6.30. The number of aromatic nitrogens is 1. The van der Waals surface area contributed by atoms with E-state index in [0.717, 1.165) is 6.42 Å². The topological polar surface area (TPSA) is 103 Å². The summed E-state index contributed by atoms with van der Waals surface area (Å²) in [5.74, 6) is -3.89. The minimum Gasteiger partial charge on any atom is -0.480 e. The second-order valence-electron chi connectivity index (χ2n) is 6.30. The molecule has 0 bridgehead atoms. The SMILES string of the molecule is CN(C)C1CCN(C(=O)c2cccn2C)C(C(=O)O)C1.O=C(O)C(F)(F)F. The van der Waals surface area contributed by atoms with Crippen molar-refractivity contribution < 1.29 is 37.8 Å². The van der Waals surface area contributed by atoms with Gasteiger partial charge in [0.2, 0.25) is 0 Å². The number of alkyl halides is 3. The Kier molecular flexibility index (Phi) is 7.40. The molecule has 152 valence electrons. The molecular weight excluding hydrogens is 371 g/mol. The number of likely N-dealkylation sites (tertiary alicyclic amines) is 1. The van der Waals surface area contributed by atoms with Crippen molar-refractivity contribution in [3.63, 3.8) is 0 Å². The quantitative estimate of drug-likeness (QED) is 0.802. The molecule has 1 aliphatic heterocycles. The monoisotopic (exact) mass is 393 g/mol. The van der Waals surface area contributed by atoms with Gasteiger partial charge in [-0.1, -0.05) is 0 Å². The second kappa shape index (κ2) is 8.89. The number of carbonyl (C=O) groups excluding carboxylic acids is 1. The molecule has 1 saturated heterocycles. The molecule has 1 aromatic heterocycles. The lowest BCUT2D eigenvalue weighted by atomic mass is 9.96. The summed E-state index contributed by atoms with van der Waals surface area (Å²) in [5.41, 5.74) is 0.527. The third kappa shape index (κ3) is 5.98. The fourth-order valence-corrected chi connectivity index (χ4v) is 2.72. The Balaban J connectivity index is 0.000000445. The maximum atomic E-state index is 12.5. The Morgan fingerprint density at radius 2 is 1.78 bits per heavy atom. The van der Waals surface area contributed by atoms with Crippen LogP contribution in [0.1, 0.15) is 23.3 Å². The Bertz CT molecular complexity index is 687. The number of piperidine rings is 1. The number of hydrogen-bond acceptors (Lipinski definition) is 4. The van der Waals surface area contributed by atoms with Gasteiger partial charge in [0.25, 0.3) is 5.91 Å². The van der Waals surface area contributed by atoms with Crippen LogP contribution in [0.25, 0.3) is 0 Å². The summed E-state index contributed by atoms with van der Waals surface area (Å²) in [6.45, 7) is 0.476. The van der Waals surface area contributed by atoms with Gasteiger partial charge in [-0.2, -0.15) is 13.2 Å². The van der Waals surface area contributed by atoms with E-state index in [1.54, 1.807) is 29.9 Å². The third-order valence-electron chi connectivity index (χ3n) is 4.26. The Labute approximate surface area is 153 Å². The number of carbonyl (C=O) groups is 3. The highest BCUT2D eigenvalue weighted by Crippen LogP contribution is 2.23. The zero-order chi connectivity index (χ0) is 20.9. The molecule has 2 rings (SSSR count). The van der Waals surface area contributed by atoms with Gasteiger partial charge >= 0.3 is 18.1 Å². The van der Waals surface area contributed by atoms with Crippen LogP contribution in [-0.4, -0.2) is 81.3 Å². The normalized spacial score (nSPS) is 20.0. The summed E-state index contributed by atoms with van der Waals surface area (Å²) in [7, 11) is 5.67. The fraction of sp³-hybridized carbons (Fsp3) is 0.562. The van der Waals surface area contributed by atoms with Crippen molar-refractivity contribution in [3.05, 3.63) is 24.0 Å². The molecule has 2 atom stereocenters. The van der Waals surface area contributed by atoms with Crippen molar-refractivity contribution in [2.75, 3.05) is 20.6 Å². The summed E-state index contributed by atoms with van der Waals surface area (Å²) in [5, 5.41) is 16.5. The Hall–Kier alpha value is -2.56. The van der Waals surface area contributed by atoms with Crippen LogP contribution in [0.2, 0.25) is 0 Å². The number of hydrogen-bond donors (Lipinski definition) is 2. The van der Waals surface area contributed by atoms with Crippen LogP contribution in [0, 0.1) is 0 Å². The molecule has 1 fully saturated rings. The third-order valence-corrected chi connectivity index (χ3v) is 4.26. The van der Waals surface area contributed by atoms with Crippen molar-refractivity contribution in [1.82, 2.24) is 14.4 Å². The van der Waals surface area contributed by atoms with Crippen LogP contribution in [0.4, 0.5) is 13.2 Å². The Morgan fingerprint density at radius 1 is 1.22 bits per heavy atom. The van der Waals surface area contributed by atoms with Gasteiger partial charge < -0.3 is 24.6 Å². The predicted molar refractivity (Wildman–Crippen MR) is 88.3 cm³/mol. The number of nitrogens with zero attached hydrogens (tertiary/aromatic N) is 3. The minimum absolute atomic E-state index is 0.202. The molecule has 0 saturated carbocycles. The largest absolute Gasteiger partial charge is 0.490 e. The Morgan fingerprint density at radius 3 is 2.15 bits per heavy atom. The van der Waals surface area contributed by atoms with Gasteiger partial charge in [-0.05, 0) is 39.1 Å². The number of rotatable bonds is 3. The molecule has 8 nitrogen and oxygen atoms in total. The van der Waals surface area contributed by atoms with E-state index in [0.29, 0.717) is 18.7 Å². The number of aliphatic carboxylic acids is 2. The van der Waals surface area contributed by atoms with Crippen LogP contribution < -0.4 is 0 Å². The van der Waals surface area contributed by atoms with E-state index in [1.807, 2.05) is 19.0 Å². The van der Waals surface area contributed by atoms with Gasteiger partial charge in [-0.3, -0.25) is 4.79 Å². The lowest BCUT2D eigenvalue weighted by Crippen LogP contribution is -2.54. The fourth-order valence-electron chi connectivity index (χ4n) is 2.72. The van der Waals surface area contributed by atoms with Crippen molar-refractivity contribution >= 4 is 17.8 Å². The zero-order valence-corrected chi connectivity index (χ0v) is 15.1. The maximum absolute atomic E-state index is 12.5. The first-order valence-corrected chi connectivity index (χ1v) is 7.97. The van der Waals surface area contributed by atoms with Gasteiger partial charge in [0, 0.05) is 25.8 Å². The lowest BCUT2D eigenvalue weighted by Gasteiger charge is -2.39. The predicted octanol–water partition coefficient (Wildman–Crippen LogP) is 1.28. The molecule has 2 heterocycles. The van der Waals surface area contributed by atoms with Gasteiger partial charge in [0.15, 0.2) is 0 Å². The van der Waals surface area contributed by atoms with Gasteiger partial charge in [0.1, 0.15) is 11.7 Å². The number of aryl methyl sites for hydroxylation is 1. The van der Waals surface area contributed by atoms with Crippen molar-refractivity contribution in [2.24, 2.45) is 7.05 Å². The van der Waals surface area contributed by atoms with Gasteiger partial charge in [-0.15, -0.1) is 0 Å². The number of amides is 1. The number of carboxylic acids is 2. The zero-order valence-electron chi connectivity index (χ0n) is 15.1. The van der Waals surface area contributed by atoms with E-state index in [-0.39, 0.29) is 11.9 Å². The molecule has 1 amide bonds. The van der Waals surface area contributed by atoms with Crippen LogP contribution >= 0.6 is 0 Å². The average Bonchev–Trinajstić information content (AvgIpc) is 2.99. The molecule has 2 N–H and O–H groups in total. The van der Waals surface area contributed by atoms with E-state index >= 15 is 0 Å². The minimum atomic E-state index is -5.08. The lowest BCUT2D eigenvalue weighted by molar-refractivity contribution is -0.192. The maximum Gasteiger partial charge on any atom is 0.490 e. The van der Waals surface area contributed by atoms with E-state index in [4.69, 9.17) is 9.90 Å². The van der Waals surface area contributed by atoms with Crippen LogP contribution in [0.15, 0.2) is 18.3 Å². The smallest absolute Gasteiger partial charge is 0.480 e. The molecule has 1 aliphatic rings. The molecule has 27 heavy (non-hydrogen) atoms. The van der Waals surface area contributed by atoms with E-state index in [9.17, 15) is 27.9 Å². The highest BCUT2D eigenvalue weighted by Gasteiger charge is 2.38. The molecule has 0 aromatic carbocycles. The summed E-state index contributed by atoms with van der Waals surface area (Å²) < 4.78 is 33.5. The molecular formula is C16H22F3N3O5. The first kappa shape index (κ1) is 22.5. The first-order valence-electron chi connectivity index (χ1n) is 7.97. The van der Waals surface area contributed by atoms with Crippen molar-refractivity contribution in [2.45, 2.75) is 31.1 Å². The molecule has 0 radical (unpaired) electrons. The molecule has 11 heteroatoms. The molecule has 0 spiro atoms. The standard InChI is InChI=1S/C14H21N3O3.C2HF3O2/c1-15(2)10-6-8-17(12(9-10)14(19)20)13(18)11-5-4-7-16(11)3;3-2(4,5)1(6)7/h4-5,7,10,12H,6,8-9H2,1-3H3,(H,19,20);(H,6,7). The number of halogens is 3. The van der Waals surface area contributed by atoms with Crippen LogP contribution in [0.3, 0.4) is 0 Å². The van der Waals surface area contributed by atoms with E-state index in [1.165, 1.54) is 4.90 Å². The number of carboxylic acid groups (broad SMARTS) is 2. The highest BCUT2D eigenvalue weighted by atomic mass is 19.4. The van der Waals surface area contributed by atoms with E-state index in [2.05, 4.69) is 0 Å². The van der Waals surface area contributed by atoms with Crippen molar-refractivity contribution in [3.8, 4) is 0 Å². The molecule has 0 aliphatic carbocycles. The summed E-state index contributed by atoms with van der Waals surface area (Å²) in [6, 6.07) is 2.96. The van der Waals surface area contributed by atoms with Crippen LogP contribution in [-0.2, 0) is 16.6 Å². The highest BCUT2D eigenvalue weighted by molar-refractivity contribution is 5.95. The van der Waals surface area contributed by atoms with Gasteiger partial charge in [0.05, 0.1) is 0 Å². The molecule has 1 aromatic rings. The van der Waals surface area contributed by atoms with Crippen molar-refractivity contribution in [1.29, 1.82) is 0 Å². The average molecular weight is 393 g/mol. The summed E-state index contributed by atoms with van der Waals surface area (Å²) in [6.07, 6.45) is -2.03. The van der Waals surface area contributed by atoms with Gasteiger partial charge in [-0.25, -0.2) is 9.59 Å². The van der Waals surface area contributed by atoms with E-state index < -0.39 is 24.2 Å². The summed E-state index contributed by atoms with van der Waals surface area (Å²) in [4.78, 5) is 36.4.